The van der Waals surface area contributed by atoms with Gasteiger partial charge in [0, 0.05) is 26.0 Å². The first kappa shape index (κ1) is 14.7. The van der Waals surface area contributed by atoms with E-state index < -0.39 is 5.82 Å². The summed E-state index contributed by atoms with van der Waals surface area (Å²) in [6.07, 6.45) is 0.00585. The summed E-state index contributed by atoms with van der Waals surface area (Å²) >= 11 is 12.3. The fourth-order valence-electron chi connectivity index (χ4n) is 1.65. The van der Waals surface area contributed by atoms with Crippen LogP contribution >= 0.6 is 43.5 Å². The van der Waals surface area contributed by atoms with Gasteiger partial charge in [-0.2, -0.15) is 0 Å². The van der Waals surface area contributed by atoms with Gasteiger partial charge in [0.25, 0.3) is 0 Å². The molecule has 2 rings (SSSR count). The first-order valence-corrected chi connectivity index (χ1v) is 7.35. The minimum absolute atomic E-state index is 0.00585. The number of ketones is 1. The zero-order valence-corrected chi connectivity index (χ0v) is 13.5. The van der Waals surface area contributed by atoms with Gasteiger partial charge in [-0.3, -0.25) is 4.79 Å². The molecule has 2 aromatic carbocycles. The van der Waals surface area contributed by atoms with Crippen molar-refractivity contribution in [3.05, 3.63) is 67.3 Å². The molecular weight excluding hydrogens is 398 g/mol. The van der Waals surface area contributed by atoms with Crippen molar-refractivity contribution in [3.63, 3.8) is 0 Å². The van der Waals surface area contributed by atoms with Crippen molar-refractivity contribution in [2.45, 2.75) is 6.42 Å². The van der Waals surface area contributed by atoms with Crippen molar-refractivity contribution in [3.8, 4) is 0 Å². The predicted octanol–water partition coefficient (Wildman–Crippen LogP) is 5.43. The van der Waals surface area contributed by atoms with Gasteiger partial charge in [-0.1, -0.05) is 49.5 Å². The van der Waals surface area contributed by atoms with Crippen molar-refractivity contribution in [2.75, 3.05) is 0 Å². The van der Waals surface area contributed by atoms with E-state index in [9.17, 15) is 9.18 Å². The van der Waals surface area contributed by atoms with Crippen LogP contribution in [0.15, 0.2) is 45.3 Å². The van der Waals surface area contributed by atoms with Gasteiger partial charge in [-0.25, -0.2) is 4.39 Å². The monoisotopic (exact) mass is 404 g/mol. The highest BCUT2D eigenvalue weighted by atomic mass is 79.9. The first-order chi connectivity index (χ1) is 8.95. The molecule has 0 heterocycles. The van der Waals surface area contributed by atoms with E-state index in [1.807, 2.05) is 0 Å². The molecule has 0 aliphatic rings. The number of carbonyl (C=O) groups excluding carboxylic acids is 1. The smallest absolute Gasteiger partial charge is 0.167 e. The third kappa shape index (κ3) is 3.88. The highest BCUT2D eigenvalue weighted by molar-refractivity contribution is 9.10. The topological polar surface area (TPSA) is 17.1 Å². The maximum atomic E-state index is 13.7. The van der Waals surface area contributed by atoms with Crippen molar-refractivity contribution >= 4 is 49.2 Å². The van der Waals surface area contributed by atoms with E-state index in [4.69, 9.17) is 11.6 Å². The first-order valence-electron chi connectivity index (χ1n) is 5.39. The van der Waals surface area contributed by atoms with Gasteiger partial charge in [0.2, 0.25) is 0 Å². The quantitative estimate of drug-likeness (QED) is 0.621. The lowest BCUT2D eigenvalue weighted by molar-refractivity contribution is 0.0991. The molecule has 1 nitrogen and oxygen atoms in total. The summed E-state index contributed by atoms with van der Waals surface area (Å²) in [6, 6.07) is 9.59. The number of hydrogen-bond donors (Lipinski definition) is 0. The molecule has 0 aromatic heterocycles. The Labute approximate surface area is 132 Å². The molecule has 0 aliphatic heterocycles. The average molecular weight is 406 g/mol. The lowest BCUT2D eigenvalue weighted by Crippen LogP contribution is -2.05. The van der Waals surface area contributed by atoms with Gasteiger partial charge < -0.3 is 0 Å². The predicted molar refractivity (Wildman–Crippen MR) is 81.3 cm³/mol. The zero-order chi connectivity index (χ0) is 14.0. The standard InChI is InChI=1S/C14H8Br2ClFO/c15-10-2-1-8(13(18)7-10)5-14(19)9-3-11(16)6-12(17)4-9/h1-4,6-7H,5H2. The van der Waals surface area contributed by atoms with Crippen molar-refractivity contribution in [1.29, 1.82) is 0 Å². The van der Waals surface area contributed by atoms with Gasteiger partial charge in [-0.15, -0.1) is 0 Å². The number of rotatable bonds is 3. The fraction of sp³-hybridized carbons (Fsp3) is 0.0714. The largest absolute Gasteiger partial charge is 0.294 e. The van der Waals surface area contributed by atoms with E-state index in [0.717, 1.165) is 4.47 Å². The van der Waals surface area contributed by atoms with Crippen LogP contribution in [0.25, 0.3) is 0 Å². The second-order valence-corrected chi connectivity index (χ2v) is 6.26. The molecule has 98 valence electrons. The van der Waals surface area contributed by atoms with Crippen LogP contribution in [0.2, 0.25) is 5.02 Å². The van der Waals surface area contributed by atoms with Gasteiger partial charge in [0.15, 0.2) is 5.78 Å². The van der Waals surface area contributed by atoms with Crippen LogP contribution < -0.4 is 0 Å². The number of carbonyl (C=O) groups is 1. The van der Waals surface area contributed by atoms with E-state index in [1.165, 1.54) is 6.07 Å². The number of Topliss-reactive ketones (excluding diaryl/α,β-unsaturated/α-hetero) is 1. The molecule has 0 radical (unpaired) electrons. The molecule has 2 aromatic rings. The Balaban J connectivity index is 2.25. The third-order valence-corrected chi connectivity index (χ3v) is 3.72. The second-order valence-electron chi connectivity index (χ2n) is 3.99. The Morgan fingerprint density at radius 1 is 1.11 bits per heavy atom. The van der Waals surface area contributed by atoms with Gasteiger partial charge in [0.05, 0.1) is 0 Å². The van der Waals surface area contributed by atoms with Crippen LogP contribution in [0, 0.1) is 5.82 Å². The molecule has 0 N–H and O–H groups in total. The Morgan fingerprint density at radius 2 is 1.84 bits per heavy atom. The van der Waals surface area contributed by atoms with Gasteiger partial charge in [0.1, 0.15) is 5.82 Å². The Morgan fingerprint density at radius 3 is 2.47 bits per heavy atom. The molecule has 5 heteroatoms. The summed E-state index contributed by atoms with van der Waals surface area (Å²) in [5.41, 5.74) is 0.825. The molecule has 0 bridgehead atoms. The van der Waals surface area contributed by atoms with Gasteiger partial charge in [-0.05, 0) is 35.9 Å². The average Bonchev–Trinajstić information content (AvgIpc) is 2.31. The Bertz CT molecular complexity index is 623. The third-order valence-electron chi connectivity index (χ3n) is 2.55. The van der Waals surface area contributed by atoms with Crippen molar-refractivity contribution in [1.82, 2.24) is 0 Å². The van der Waals surface area contributed by atoms with Crippen LogP contribution in [-0.2, 0) is 6.42 Å². The van der Waals surface area contributed by atoms with Crippen LogP contribution in [0.1, 0.15) is 15.9 Å². The second kappa shape index (κ2) is 6.16. The minimum Gasteiger partial charge on any atom is -0.294 e. The molecule has 0 saturated carbocycles. The van der Waals surface area contributed by atoms with E-state index >= 15 is 0 Å². The number of benzene rings is 2. The molecule has 0 fully saturated rings. The van der Waals surface area contributed by atoms with E-state index in [0.29, 0.717) is 20.6 Å². The highest BCUT2D eigenvalue weighted by Gasteiger charge is 2.12. The molecule has 0 unspecified atom stereocenters. The summed E-state index contributed by atoms with van der Waals surface area (Å²) in [5.74, 6) is -0.576. The minimum atomic E-state index is -0.399. The normalized spacial score (nSPS) is 10.5. The van der Waals surface area contributed by atoms with Crippen molar-refractivity contribution in [2.24, 2.45) is 0 Å². The molecule has 0 spiro atoms. The summed E-state index contributed by atoms with van der Waals surface area (Å²) < 4.78 is 15.0. The summed E-state index contributed by atoms with van der Waals surface area (Å²) in [7, 11) is 0. The molecule has 19 heavy (non-hydrogen) atoms. The summed E-state index contributed by atoms with van der Waals surface area (Å²) in [4.78, 5) is 12.1. The summed E-state index contributed by atoms with van der Waals surface area (Å²) in [5, 5.41) is 0.467. The fourth-order valence-corrected chi connectivity index (χ4v) is 2.85. The lowest BCUT2D eigenvalue weighted by Gasteiger charge is -2.05. The summed E-state index contributed by atoms with van der Waals surface area (Å²) in [6.45, 7) is 0. The molecular formula is C14H8Br2ClFO. The molecule has 0 atom stereocenters. The van der Waals surface area contributed by atoms with E-state index in [2.05, 4.69) is 31.9 Å². The van der Waals surface area contributed by atoms with Crippen LogP contribution in [0.5, 0.6) is 0 Å². The lowest BCUT2D eigenvalue weighted by atomic mass is 10.0. The number of halogens is 4. The molecule has 0 aliphatic carbocycles. The number of hydrogen-bond acceptors (Lipinski definition) is 1. The maximum absolute atomic E-state index is 13.7. The maximum Gasteiger partial charge on any atom is 0.167 e. The van der Waals surface area contributed by atoms with Gasteiger partial charge >= 0.3 is 0 Å². The zero-order valence-electron chi connectivity index (χ0n) is 9.59. The van der Waals surface area contributed by atoms with Crippen LogP contribution in [-0.4, -0.2) is 5.78 Å². The Kier molecular flexibility index (Phi) is 4.76. The SMILES string of the molecule is O=C(Cc1ccc(Br)cc1F)c1cc(Cl)cc(Br)c1. The Hall–Kier alpha value is -0.710. The van der Waals surface area contributed by atoms with E-state index in [-0.39, 0.29) is 12.2 Å². The molecule has 0 saturated heterocycles. The van der Waals surface area contributed by atoms with Crippen molar-refractivity contribution < 1.29 is 9.18 Å². The highest BCUT2D eigenvalue weighted by Crippen LogP contribution is 2.22. The van der Waals surface area contributed by atoms with E-state index in [1.54, 1.807) is 30.3 Å². The van der Waals surface area contributed by atoms with Crippen LogP contribution in [0.3, 0.4) is 0 Å². The van der Waals surface area contributed by atoms with Crippen LogP contribution in [0.4, 0.5) is 4.39 Å². The molecule has 0 amide bonds.